The molecule has 0 radical (unpaired) electrons. The van der Waals surface area contributed by atoms with E-state index >= 15 is 0 Å². The van der Waals surface area contributed by atoms with Gasteiger partial charge in [0.15, 0.2) is 0 Å². The molecular formula is C26H23N5O4. The molecule has 1 aromatic heterocycles. The largest absolute Gasteiger partial charge is 0.494 e. The maximum absolute atomic E-state index is 13.7. The highest BCUT2D eigenvalue weighted by atomic mass is 16.6. The number of aromatic nitrogens is 2. The Morgan fingerprint density at radius 2 is 1.91 bits per heavy atom. The molecule has 3 aromatic carbocycles. The van der Waals surface area contributed by atoms with Crippen molar-refractivity contribution in [3.05, 3.63) is 99.7 Å². The lowest BCUT2D eigenvalue weighted by molar-refractivity contribution is -0.384. The standard InChI is InChI=1S/C26H23N5O4/c1-3-35-20-13-11-18(12-14-20)28-25(32)23-16(2)27-26-29-21-9-4-5-10-22(21)30(26)24(23)17-7-6-8-19(15-17)31(33)34/h4-15,24H,3H2,1-2H3,(H,27,29)(H,28,32)/t24-/m1/s1. The second-order valence-corrected chi connectivity index (χ2v) is 8.12. The zero-order valence-electron chi connectivity index (χ0n) is 19.2. The number of fused-ring (bicyclic) bond motifs is 3. The number of anilines is 2. The number of nitro groups is 1. The van der Waals surface area contributed by atoms with E-state index in [1.165, 1.54) is 12.1 Å². The van der Waals surface area contributed by atoms with Crippen LogP contribution in [-0.4, -0.2) is 27.0 Å². The lowest BCUT2D eigenvalue weighted by Crippen LogP contribution is -2.31. The molecule has 2 heterocycles. The number of carbonyl (C=O) groups excluding carboxylic acids is 1. The van der Waals surface area contributed by atoms with Gasteiger partial charge in [-0.25, -0.2) is 4.98 Å². The number of nitrogens with one attached hydrogen (secondary N) is 2. The number of amides is 1. The number of carbonyl (C=O) groups is 1. The smallest absolute Gasteiger partial charge is 0.269 e. The molecule has 9 heteroatoms. The molecule has 0 fully saturated rings. The van der Waals surface area contributed by atoms with Gasteiger partial charge in [0.25, 0.3) is 11.6 Å². The molecule has 0 saturated carbocycles. The second-order valence-electron chi connectivity index (χ2n) is 8.12. The molecule has 0 bridgehead atoms. The summed E-state index contributed by atoms with van der Waals surface area (Å²) in [5.41, 5.74) is 3.80. The van der Waals surface area contributed by atoms with E-state index in [9.17, 15) is 14.9 Å². The van der Waals surface area contributed by atoms with Crippen molar-refractivity contribution < 1.29 is 14.5 Å². The van der Waals surface area contributed by atoms with Gasteiger partial charge in [0.05, 0.1) is 34.2 Å². The first-order valence-corrected chi connectivity index (χ1v) is 11.2. The van der Waals surface area contributed by atoms with Crippen LogP contribution in [0.5, 0.6) is 5.75 Å². The average Bonchev–Trinajstić information content (AvgIpc) is 3.22. The lowest BCUT2D eigenvalue weighted by Gasteiger charge is -2.30. The third-order valence-corrected chi connectivity index (χ3v) is 5.90. The van der Waals surface area contributed by atoms with E-state index in [-0.39, 0.29) is 11.6 Å². The molecule has 35 heavy (non-hydrogen) atoms. The van der Waals surface area contributed by atoms with Crippen molar-refractivity contribution in [3.8, 4) is 5.75 Å². The summed E-state index contributed by atoms with van der Waals surface area (Å²) in [5, 5.41) is 17.7. The molecule has 0 spiro atoms. The Hall–Kier alpha value is -4.66. The summed E-state index contributed by atoms with van der Waals surface area (Å²) in [4.78, 5) is 29.4. The van der Waals surface area contributed by atoms with E-state index in [0.717, 1.165) is 11.0 Å². The van der Waals surface area contributed by atoms with Crippen LogP contribution >= 0.6 is 0 Å². The van der Waals surface area contributed by atoms with E-state index in [1.54, 1.807) is 43.3 Å². The highest BCUT2D eigenvalue weighted by Crippen LogP contribution is 2.40. The lowest BCUT2D eigenvalue weighted by atomic mass is 9.94. The van der Waals surface area contributed by atoms with Gasteiger partial charge >= 0.3 is 0 Å². The number of hydrogen-bond donors (Lipinski definition) is 2. The van der Waals surface area contributed by atoms with Gasteiger partial charge in [-0.3, -0.25) is 19.5 Å². The number of hydrogen-bond acceptors (Lipinski definition) is 6. The highest BCUT2D eigenvalue weighted by Gasteiger charge is 2.34. The van der Waals surface area contributed by atoms with Crippen LogP contribution in [0.3, 0.4) is 0 Å². The molecule has 1 aliphatic heterocycles. The van der Waals surface area contributed by atoms with Crippen molar-refractivity contribution in [2.24, 2.45) is 0 Å². The molecule has 0 unspecified atom stereocenters. The van der Waals surface area contributed by atoms with Crippen LogP contribution in [-0.2, 0) is 4.79 Å². The van der Waals surface area contributed by atoms with Crippen LogP contribution in [0.15, 0.2) is 84.1 Å². The van der Waals surface area contributed by atoms with Crippen molar-refractivity contribution in [1.29, 1.82) is 0 Å². The minimum absolute atomic E-state index is 0.0454. The maximum atomic E-state index is 13.7. The molecular weight excluding hydrogens is 446 g/mol. The van der Waals surface area contributed by atoms with E-state index in [1.807, 2.05) is 35.8 Å². The first-order chi connectivity index (χ1) is 17.0. The van der Waals surface area contributed by atoms with Crippen LogP contribution < -0.4 is 15.4 Å². The quantitative estimate of drug-likeness (QED) is 0.294. The minimum Gasteiger partial charge on any atom is -0.494 e. The van der Waals surface area contributed by atoms with E-state index in [4.69, 9.17) is 4.74 Å². The Morgan fingerprint density at radius 1 is 1.14 bits per heavy atom. The van der Waals surface area contributed by atoms with Gasteiger partial charge in [0.2, 0.25) is 5.95 Å². The molecule has 176 valence electrons. The molecule has 0 saturated heterocycles. The van der Waals surface area contributed by atoms with Gasteiger partial charge in [0.1, 0.15) is 5.75 Å². The Balaban J connectivity index is 1.61. The number of rotatable bonds is 6. The predicted octanol–water partition coefficient (Wildman–Crippen LogP) is 5.27. The SMILES string of the molecule is CCOc1ccc(NC(=O)C2=C(C)Nc3nc4ccccc4n3[C@@H]2c2cccc([N+](=O)[O-])c2)cc1. The number of imidazole rings is 1. The number of allylic oxidation sites excluding steroid dienone is 1. The van der Waals surface area contributed by atoms with Gasteiger partial charge in [-0.15, -0.1) is 0 Å². The molecule has 1 atom stereocenters. The average molecular weight is 470 g/mol. The number of nitro benzene ring substituents is 1. The first-order valence-electron chi connectivity index (χ1n) is 11.2. The monoisotopic (exact) mass is 469 g/mol. The minimum atomic E-state index is -0.624. The van der Waals surface area contributed by atoms with Crippen molar-refractivity contribution in [1.82, 2.24) is 9.55 Å². The normalized spacial score (nSPS) is 14.9. The summed E-state index contributed by atoms with van der Waals surface area (Å²) in [7, 11) is 0. The third-order valence-electron chi connectivity index (χ3n) is 5.90. The van der Waals surface area contributed by atoms with Gasteiger partial charge in [-0.2, -0.15) is 0 Å². The van der Waals surface area contributed by atoms with Crippen LogP contribution in [0.4, 0.5) is 17.3 Å². The van der Waals surface area contributed by atoms with Crippen molar-refractivity contribution in [3.63, 3.8) is 0 Å². The molecule has 4 aromatic rings. The predicted molar refractivity (Wildman–Crippen MR) is 134 cm³/mol. The molecule has 2 N–H and O–H groups in total. The Bertz CT molecular complexity index is 1470. The van der Waals surface area contributed by atoms with Crippen LogP contribution in [0.2, 0.25) is 0 Å². The fraction of sp³-hybridized carbons (Fsp3) is 0.154. The Morgan fingerprint density at radius 3 is 2.66 bits per heavy atom. The zero-order valence-corrected chi connectivity index (χ0v) is 19.2. The molecule has 5 rings (SSSR count). The Kier molecular flexibility index (Phi) is 5.66. The number of ether oxygens (including phenoxy) is 1. The van der Waals surface area contributed by atoms with Gasteiger partial charge in [0, 0.05) is 23.5 Å². The summed E-state index contributed by atoms with van der Waals surface area (Å²) in [5.74, 6) is 0.959. The topological polar surface area (TPSA) is 111 Å². The number of nitrogens with zero attached hydrogens (tertiary/aromatic N) is 3. The van der Waals surface area contributed by atoms with E-state index < -0.39 is 11.0 Å². The summed E-state index contributed by atoms with van der Waals surface area (Å²) in [6.45, 7) is 4.26. The summed E-state index contributed by atoms with van der Waals surface area (Å²) < 4.78 is 7.39. The summed E-state index contributed by atoms with van der Waals surface area (Å²) >= 11 is 0. The summed E-state index contributed by atoms with van der Waals surface area (Å²) in [6, 6.07) is 20.5. The van der Waals surface area contributed by atoms with Crippen molar-refractivity contribution in [2.75, 3.05) is 17.2 Å². The number of para-hydroxylation sites is 2. The Labute approximate surface area is 201 Å². The summed E-state index contributed by atoms with van der Waals surface area (Å²) in [6.07, 6.45) is 0. The fourth-order valence-electron chi connectivity index (χ4n) is 4.38. The van der Waals surface area contributed by atoms with Crippen LogP contribution in [0.25, 0.3) is 11.0 Å². The first kappa shape index (κ1) is 22.1. The van der Waals surface area contributed by atoms with Gasteiger partial charge in [-0.1, -0.05) is 24.3 Å². The highest BCUT2D eigenvalue weighted by molar-refractivity contribution is 6.06. The number of non-ortho nitro benzene ring substituents is 1. The molecule has 0 aliphatic carbocycles. The van der Waals surface area contributed by atoms with Crippen molar-refractivity contribution >= 4 is 34.3 Å². The van der Waals surface area contributed by atoms with E-state index in [2.05, 4.69) is 15.6 Å². The maximum Gasteiger partial charge on any atom is 0.269 e. The zero-order chi connectivity index (χ0) is 24.5. The van der Waals surface area contributed by atoms with Crippen LogP contribution in [0, 0.1) is 10.1 Å². The van der Waals surface area contributed by atoms with Gasteiger partial charge < -0.3 is 15.4 Å². The third kappa shape index (κ3) is 4.08. The molecule has 1 aliphatic rings. The number of benzene rings is 3. The van der Waals surface area contributed by atoms with Crippen LogP contribution in [0.1, 0.15) is 25.5 Å². The fourth-order valence-corrected chi connectivity index (χ4v) is 4.38. The van der Waals surface area contributed by atoms with Gasteiger partial charge in [-0.05, 0) is 55.8 Å². The second kappa shape index (κ2) is 8.94. The molecule has 1 amide bonds. The van der Waals surface area contributed by atoms with Crippen molar-refractivity contribution in [2.45, 2.75) is 19.9 Å². The van der Waals surface area contributed by atoms with E-state index in [0.29, 0.717) is 40.8 Å². The molecule has 9 nitrogen and oxygen atoms in total.